The van der Waals surface area contributed by atoms with Crippen molar-refractivity contribution in [3.8, 4) is 0 Å². The predicted octanol–water partition coefficient (Wildman–Crippen LogP) is 5.44. The van der Waals surface area contributed by atoms with E-state index in [1.165, 1.54) is 36.9 Å². The van der Waals surface area contributed by atoms with Crippen LogP contribution in [-0.4, -0.2) is 6.04 Å². The minimum atomic E-state index is 0.588. The van der Waals surface area contributed by atoms with Gasteiger partial charge in [-0.25, -0.2) is 0 Å². The van der Waals surface area contributed by atoms with E-state index >= 15 is 0 Å². The molecule has 2 atom stereocenters. The standard InChI is InChI=1S/C18H29N/c1-13(2)15-9-5-7-11-17(15)19-18-12-8-6-10-16(18)14(3)4/h5,7,9,11,13-14,16,18-19H,6,8,10,12H2,1-4H3. The number of anilines is 1. The zero-order chi connectivity index (χ0) is 13.8. The summed E-state index contributed by atoms with van der Waals surface area (Å²) < 4.78 is 0. The van der Waals surface area contributed by atoms with E-state index in [0.717, 1.165) is 11.8 Å². The lowest BCUT2D eigenvalue weighted by Gasteiger charge is -2.36. The summed E-state index contributed by atoms with van der Waals surface area (Å²) in [5.41, 5.74) is 2.81. The summed E-state index contributed by atoms with van der Waals surface area (Å²) in [5.74, 6) is 2.20. The maximum Gasteiger partial charge on any atom is 0.0377 e. The van der Waals surface area contributed by atoms with Crippen molar-refractivity contribution in [1.29, 1.82) is 0 Å². The highest BCUT2D eigenvalue weighted by atomic mass is 14.9. The van der Waals surface area contributed by atoms with Gasteiger partial charge in [-0.05, 0) is 42.2 Å². The first kappa shape index (κ1) is 14.4. The molecule has 1 N–H and O–H groups in total. The average molecular weight is 259 g/mol. The van der Waals surface area contributed by atoms with Crippen molar-refractivity contribution in [2.45, 2.75) is 65.3 Å². The Kier molecular flexibility index (Phi) is 4.90. The summed E-state index contributed by atoms with van der Waals surface area (Å²) in [5, 5.41) is 3.86. The van der Waals surface area contributed by atoms with Crippen molar-refractivity contribution >= 4 is 5.69 Å². The van der Waals surface area contributed by atoms with E-state index in [2.05, 4.69) is 57.3 Å². The SMILES string of the molecule is CC(C)c1ccccc1NC1CCCCC1C(C)C. The minimum absolute atomic E-state index is 0.588. The molecule has 1 saturated carbocycles. The third-order valence-electron chi connectivity index (χ3n) is 4.60. The van der Waals surface area contributed by atoms with Crippen molar-refractivity contribution in [2.24, 2.45) is 11.8 Å². The topological polar surface area (TPSA) is 12.0 Å². The summed E-state index contributed by atoms with van der Waals surface area (Å²) >= 11 is 0. The lowest BCUT2D eigenvalue weighted by Crippen LogP contribution is -2.35. The molecule has 1 aliphatic rings. The first-order valence-corrected chi connectivity index (χ1v) is 7.95. The van der Waals surface area contributed by atoms with Gasteiger partial charge in [0.1, 0.15) is 0 Å². The first-order chi connectivity index (χ1) is 9.09. The minimum Gasteiger partial charge on any atom is -0.382 e. The van der Waals surface area contributed by atoms with E-state index in [4.69, 9.17) is 0 Å². The van der Waals surface area contributed by atoms with Crippen molar-refractivity contribution in [3.63, 3.8) is 0 Å². The Morgan fingerprint density at radius 2 is 1.68 bits per heavy atom. The molecule has 19 heavy (non-hydrogen) atoms. The van der Waals surface area contributed by atoms with Gasteiger partial charge in [0, 0.05) is 11.7 Å². The fraction of sp³-hybridized carbons (Fsp3) is 0.667. The molecule has 0 aliphatic heterocycles. The van der Waals surface area contributed by atoms with E-state index in [1.54, 1.807) is 0 Å². The number of rotatable bonds is 4. The quantitative estimate of drug-likeness (QED) is 0.759. The maximum atomic E-state index is 3.86. The van der Waals surface area contributed by atoms with Crippen LogP contribution in [0, 0.1) is 11.8 Å². The second kappa shape index (κ2) is 6.45. The molecular formula is C18H29N. The third kappa shape index (κ3) is 3.52. The van der Waals surface area contributed by atoms with Crippen molar-refractivity contribution < 1.29 is 0 Å². The molecule has 1 nitrogen and oxygen atoms in total. The van der Waals surface area contributed by atoms with Crippen LogP contribution < -0.4 is 5.32 Å². The van der Waals surface area contributed by atoms with Crippen molar-refractivity contribution in [2.75, 3.05) is 5.32 Å². The van der Waals surface area contributed by atoms with Gasteiger partial charge in [0.05, 0.1) is 0 Å². The molecule has 0 heterocycles. The van der Waals surface area contributed by atoms with Gasteiger partial charge in [-0.2, -0.15) is 0 Å². The van der Waals surface area contributed by atoms with Crippen LogP contribution in [-0.2, 0) is 0 Å². The Labute approximate surface area is 118 Å². The molecule has 0 radical (unpaired) electrons. The Morgan fingerprint density at radius 1 is 1.00 bits per heavy atom. The molecular weight excluding hydrogens is 230 g/mol. The van der Waals surface area contributed by atoms with Gasteiger partial charge in [0.15, 0.2) is 0 Å². The second-order valence-corrected chi connectivity index (χ2v) is 6.69. The Hall–Kier alpha value is -0.980. The number of benzene rings is 1. The Morgan fingerprint density at radius 3 is 2.37 bits per heavy atom. The summed E-state index contributed by atoms with van der Waals surface area (Å²) in [7, 11) is 0. The molecule has 1 heteroatoms. The fourth-order valence-corrected chi connectivity index (χ4v) is 3.47. The molecule has 106 valence electrons. The average Bonchev–Trinajstić information content (AvgIpc) is 2.39. The molecule has 0 aromatic heterocycles. The number of hydrogen-bond donors (Lipinski definition) is 1. The largest absolute Gasteiger partial charge is 0.382 e. The van der Waals surface area contributed by atoms with Crippen molar-refractivity contribution in [3.05, 3.63) is 29.8 Å². The molecule has 0 amide bonds. The fourth-order valence-electron chi connectivity index (χ4n) is 3.47. The number of hydrogen-bond acceptors (Lipinski definition) is 1. The van der Waals surface area contributed by atoms with E-state index in [0.29, 0.717) is 12.0 Å². The van der Waals surface area contributed by atoms with Gasteiger partial charge in [0.25, 0.3) is 0 Å². The van der Waals surface area contributed by atoms with Gasteiger partial charge in [-0.3, -0.25) is 0 Å². The lowest BCUT2D eigenvalue weighted by molar-refractivity contribution is 0.253. The van der Waals surface area contributed by atoms with Crippen LogP contribution in [0.25, 0.3) is 0 Å². The predicted molar refractivity (Wildman–Crippen MR) is 84.7 cm³/mol. The summed E-state index contributed by atoms with van der Waals surface area (Å²) in [6.07, 6.45) is 5.51. The second-order valence-electron chi connectivity index (χ2n) is 6.69. The van der Waals surface area contributed by atoms with Gasteiger partial charge < -0.3 is 5.32 Å². The molecule has 0 bridgehead atoms. The third-order valence-corrected chi connectivity index (χ3v) is 4.60. The van der Waals surface area contributed by atoms with Crippen LogP contribution in [0.15, 0.2) is 24.3 Å². The monoisotopic (exact) mass is 259 g/mol. The maximum absolute atomic E-state index is 3.86. The highest BCUT2D eigenvalue weighted by molar-refractivity contribution is 5.53. The number of para-hydroxylation sites is 1. The molecule has 2 rings (SSSR count). The highest BCUT2D eigenvalue weighted by Gasteiger charge is 2.27. The van der Waals surface area contributed by atoms with E-state index in [1.807, 2.05) is 0 Å². The summed E-state index contributed by atoms with van der Waals surface area (Å²) in [6.45, 7) is 9.31. The van der Waals surface area contributed by atoms with Gasteiger partial charge in [-0.1, -0.05) is 58.7 Å². The Bertz CT molecular complexity index is 394. The molecule has 2 unspecified atom stereocenters. The van der Waals surface area contributed by atoms with E-state index < -0.39 is 0 Å². The molecule has 1 fully saturated rings. The van der Waals surface area contributed by atoms with E-state index in [-0.39, 0.29) is 0 Å². The van der Waals surface area contributed by atoms with Gasteiger partial charge >= 0.3 is 0 Å². The zero-order valence-corrected chi connectivity index (χ0v) is 12.9. The number of nitrogens with one attached hydrogen (secondary N) is 1. The molecule has 0 spiro atoms. The van der Waals surface area contributed by atoms with E-state index in [9.17, 15) is 0 Å². The van der Waals surface area contributed by atoms with Gasteiger partial charge in [0.2, 0.25) is 0 Å². The first-order valence-electron chi connectivity index (χ1n) is 7.95. The van der Waals surface area contributed by atoms with Crippen LogP contribution >= 0.6 is 0 Å². The normalized spacial score (nSPS) is 23.9. The van der Waals surface area contributed by atoms with Crippen LogP contribution in [0.2, 0.25) is 0 Å². The van der Waals surface area contributed by atoms with Crippen LogP contribution in [0.3, 0.4) is 0 Å². The van der Waals surface area contributed by atoms with Crippen LogP contribution in [0.4, 0.5) is 5.69 Å². The Balaban J connectivity index is 2.15. The molecule has 1 aliphatic carbocycles. The molecule has 1 aromatic rings. The lowest BCUT2D eigenvalue weighted by atomic mass is 9.77. The van der Waals surface area contributed by atoms with Gasteiger partial charge in [-0.15, -0.1) is 0 Å². The van der Waals surface area contributed by atoms with Crippen LogP contribution in [0.1, 0.15) is 64.9 Å². The summed E-state index contributed by atoms with van der Waals surface area (Å²) in [4.78, 5) is 0. The molecule has 1 aromatic carbocycles. The zero-order valence-electron chi connectivity index (χ0n) is 12.9. The summed E-state index contributed by atoms with van der Waals surface area (Å²) in [6, 6.07) is 9.48. The smallest absolute Gasteiger partial charge is 0.0377 e. The van der Waals surface area contributed by atoms with Crippen molar-refractivity contribution in [1.82, 2.24) is 0 Å². The van der Waals surface area contributed by atoms with Crippen LogP contribution in [0.5, 0.6) is 0 Å². The highest BCUT2D eigenvalue weighted by Crippen LogP contribution is 2.34. The molecule has 0 saturated heterocycles.